The van der Waals surface area contributed by atoms with Crippen LogP contribution in [0.2, 0.25) is 0 Å². The SMILES string of the molecule is CCCCCCCC/C=C/C=C/CCCCCCCCCCCCCC/C=C/C=C/CCCC(=O)OCC(O)CO. The number of hydrogen-bond acceptors (Lipinski definition) is 4. The average molecular weight is 575 g/mol. The van der Waals surface area contributed by atoms with Gasteiger partial charge in [-0.25, -0.2) is 0 Å². The summed E-state index contributed by atoms with van der Waals surface area (Å²) in [7, 11) is 0. The lowest BCUT2D eigenvalue weighted by molar-refractivity contribution is -0.147. The molecule has 0 saturated carbocycles. The van der Waals surface area contributed by atoms with Gasteiger partial charge in [0.15, 0.2) is 0 Å². The van der Waals surface area contributed by atoms with Crippen LogP contribution in [0.3, 0.4) is 0 Å². The summed E-state index contributed by atoms with van der Waals surface area (Å²) in [5.41, 5.74) is 0. The molecule has 41 heavy (non-hydrogen) atoms. The summed E-state index contributed by atoms with van der Waals surface area (Å²) in [4.78, 5) is 11.5. The molecule has 0 saturated heterocycles. The number of aliphatic hydroxyl groups excluding tert-OH is 2. The maximum Gasteiger partial charge on any atom is 0.305 e. The molecule has 0 fully saturated rings. The highest BCUT2D eigenvalue weighted by atomic mass is 16.5. The molecule has 0 rings (SSSR count). The fraction of sp³-hybridized carbons (Fsp3) is 0.757. The maximum atomic E-state index is 11.5. The standard InChI is InChI=1S/C37H66O4/c1-2-3-4-5-6-7-8-9-10-11-12-13-14-15-16-17-18-19-20-21-22-23-24-25-26-27-28-29-30-31-32-33-37(40)41-35-36(39)34-38/h9-12,27-30,36,38-39H,2-8,13-26,31-35H2,1H3/b10-9+,12-11+,28-27+,30-29+. The van der Waals surface area contributed by atoms with Crippen molar-refractivity contribution in [1.82, 2.24) is 0 Å². The highest BCUT2D eigenvalue weighted by molar-refractivity contribution is 5.69. The topological polar surface area (TPSA) is 66.8 Å². The van der Waals surface area contributed by atoms with Crippen LogP contribution in [0.4, 0.5) is 0 Å². The van der Waals surface area contributed by atoms with E-state index in [9.17, 15) is 4.79 Å². The Bertz CT molecular complexity index is 649. The number of ether oxygens (including phenoxy) is 1. The van der Waals surface area contributed by atoms with Gasteiger partial charge in [-0.3, -0.25) is 4.79 Å². The predicted molar refractivity (Wildman–Crippen MR) is 177 cm³/mol. The van der Waals surface area contributed by atoms with Crippen LogP contribution in [0, 0.1) is 0 Å². The molecule has 0 bridgehead atoms. The van der Waals surface area contributed by atoms with Crippen molar-refractivity contribution in [2.75, 3.05) is 13.2 Å². The summed E-state index contributed by atoms with van der Waals surface area (Å²) < 4.78 is 4.87. The first-order valence-corrected chi connectivity index (χ1v) is 17.3. The Morgan fingerprint density at radius 2 is 0.902 bits per heavy atom. The van der Waals surface area contributed by atoms with Gasteiger partial charge in [0.1, 0.15) is 12.7 Å². The summed E-state index contributed by atoms with van der Waals surface area (Å²) in [6.07, 6.45) is 46.9. The van der Waals surface area contributed by atoms with Gasteiger partial charge < -0.3 is 14.9 Å². The highest BCUT2D eigenvalue weighted by Gasteiger charge is 2.06. The van der Waals surface area contributed by atoms with E-state index < -0.39 is 6.10 Å². The number of unbranched alkanes of at least 4 members (excludes halogenated alkanes) is 20. The Morgan fingerprint density at radius 3 is 1.27 bits per heavy atom. The van der Waals surface area contributed by atoms with Gasteiger partial charge in [-0.1, -0.05) is 152 Å². The summed E-state index contributed by atoms with van der Waals surface area (Å²) in [5, 5.41) is 17.8. The predicted octanol–water partition coefficient (Wildman–Crippen LogP) is 10.5. The van der Waals surface area contributed by atoms with Crippen LogP contribution < -0.4 is 0 Å². The lowest BCUT2D eigenvalue weighted by atomic mass is 10.0. The first-order chi connectivity index (χ1) is 20.2. The number of carbonyl (C=O) groups is 1. The van der Waals surface area contributed by atoms with E-state index in [0.29, 0.717) is 6.42 Å². The minimum Gasteiger partial charge on any atom is -0.463 e. The van der Waals surface area contributed by atoms with Crippen LogP contribution in [0.25, 0.3) is 0 Å². The molecule has 0 aromatic heterocycles. The molecule has 4 heteroatoms. The van der Waals surface area contributed by atoms with Gasteiger partial charge in [0.2, 0.25) is 0 Å². The first-order valence-electron chi connectivity index (χ1n) is 17.3. The smallest absolute Gasteiger partial charge is 0.305 e. The summed E-state index contributed by atoms with van der Waals surface area (Å²) in [6.45, 7) is 1.75. The molecule has 0 aromatic rings. The van der Waals surface area contributed by atoms with E-state index in [1.54, 1.807) is 0 Å². The average Bonchev–Trinajstić information content (AvgIpc) is 2.98. The van der Waals surface area contributed by atoms with Crippen LogP contribution in [-0.4, -0.2) is 35.5 Å². The Balaban J connectivity index is 3.28. The molecule has 2 N–H and O–H groups in total. The normalized spacial score (nSPS) is 13.0. The molecule has 0 amide bonds. The summed E-state index contributed by atoms with van der Waals surface area (Å²) in [5.74, 6) is -0.326. The lowest BCUT2D eigenvalue weighted by Crippen LogP contribution is -2.21. The number of rotatable bonds is 31. The van der Waals surface area contributed by atoms with Crippen LogP contribution in [-0.2, 0) is 9.53 Å². The molecule has 0 aliphatic heterocycles. The van der Waals surface area contributed by atoms with Crippen molar-refractivity contribution in [2.45, 2.75) is 167 Å². The van der Waals surface area contributed by atoms with Gasteiger partial charge in [0, 0.05) is 6.42 Å². The van der Waals surface area contributed by atoms with Crippen molar-refractivity contribution in [2.24, 2.45) is 0 Å². The molecule has 4 nitrogen and oxygen atoms in total. The van der Waals surface area contributed by atoms with E-state index in [1.165, 1.54) is 128 Å². The minimum absolute atomic E-state index is 0.134. The van der Waals surface area contributed by atoms with Gasteiger partial charge in [-0.2, -0.15) is 0 Å². The van der Waals surface area contributed by atoms with E-state index in [4.69, 9.17) is 14.9 Å². The fourth-order valence-corrected chi connectivity index (χ4v) is 4.71. The van der Waals surface area contributed by atoms with Gasteiger partial charge in [0.25, 0.3) is 0 Å². The van der Waals surface area contributed by atoms with E-state index in [2.05, 4.69) is 55.5 Å². The Hall–Kier alpha value is -1.65. The quantitative estimate of drug-likeness (QED) is 0.0491. The zero-order valence-electron chi connectivity index (χ0n) is 26.8. The number of hydrogen-bond donors (Lipinski definition) is 2. The lowest BCUT2D eigenvalue weighted by Gasteiger charge is -2.07. The Kier molecular flexibility index (Phi) is 33.2. The minimum atomic E-state index is -0.982. The molecular formula is C37H66O4. The third kappa shape index (κ3) is 34.5. The van der Waals surface area contributed by atoms with Gasteiger partial charge in [-0.15, -0.1) is 0 Å². The molecule has 0 aliphatic rings. The van der Waals surface area contributed by atoms with E-state index in [-0.39, 0.29) is 19.2 Å². The van der Waals surface area contributed by atoms with Crippen LogP contribution in [0.5, 0.6) is 0 Å². The molecule has 1 unspecified atom stereocenters. The zero-order valence-corrected chi connectivity index (χ0v) is 26.8. The second-order valence-corrected chi connectivity index (χ2v) is 11.5. The Morgan fingerprint density at radius 1 is 0.561 bits per heavy atom. The zero-order chi connectivity index (χ0) is 29.9. The monoisotopic (exact) mass is 574 g/mol. The van der Waals surface area contributed by atoms with Gasteiger partial charge in [-0.05, 0) is 51.4 Å². The van der Waals surface area contributed by atoms with Gasteiger partial charge >= 0.3 is 5.97 Å². The summed E-state index contributed by atoms with van der Waals surface area (Å²) >= 11 is 0. The third-order valence-electron chi connectivity index (χ3n) is 7.38. The fourth-order valence-electron chi connectivity index (χ4n) is 4.71. The molecular weight excluding hydrogens is 508 g/mol. The van der Waals surface area contributed by atoms with Crippen molar-refractivity contribution >= 4 is 5.97 Å². The third-order valence-corrected chi connectivity index (χ3v) is 7.38. The summed E-state index contributed by atoms with van der Waals surface area (Å²) in [6, 6.07) is 0. The van der Waals surface area contributed by atoms with Gasteiger partial charge in [0.05, 0.1) is 6.61 Å². The number of allylic oxidation sites excluding steroid dienone is 8. The molecule has 0 aromatic carbocycles. The van der Waals surface area contributed by atoms with Crippen molar-refractivity contribution in [3.05, 3.63) is 48.6 Å². The van der Waals surface area contributed by atoms with Crippen molar-refractivity contribution < 1.29 is 19.7 Å². The number of carbonyl (C=O) groups excluding carboxylic acids is 1. The largest absolute Gasteiger partial charge is 0.463 e. The second kappa shape index (κ2) is 34.6. The van der Waals surface area contributed by atoms with Crippen LogP contribution >= 0.6 is 0 Å². The number of aliphatic hydroxyl groups is 2. The van der Waals surface area contributed by atoms with E-state index in [0.717, 1.165) is 19.3 Å². The van der Waals surface area contributed by atoms with Crippen molar-refractivity contribution in [1.29, 1.82) is 0 Å². The first kappa shape index (κ1) is 39.4. The second-order valence-electron chi connectivity index (χ2n) is 11.5. The molecule has 0 heterocycles. The van der Waals surface area contributed by atoms with Crippen molar-refractivity contribution in [3.8, 4) is 0 Å². The Labute approximate surface area is 254 Å². The molecule has 0 radical (unpaired) electrons. The molecule has 238 valence electrons. The number of esters is 1. The maximum absolute atomic E-state index is 11.5. The van der Waals surface area contributed by atoms with Crippen molar-refractivity contribution in [3.63, 3.8) is 0 Å². The van der Waals surface area contributed by atoms with E-state index >= 15 is 0 Å². The van der Waals surface area contributed by atoms with E-state index in [1.807, 2.05) is 0 Å². The van der Waals surface area contributed by atoms with Crippen LogP contribution in [0.15, 0.2) is 48.6 Å². The molecule has 0 aliphatic carbocycles. The highest BCUT2D eigenvalue weighted by Crippen LogP contribution is 2.13. The molecule has 0 spiro atoms. The molecule has 1 atom stereocenters. The van der Waals surface area contributed by atoms with Crippen LogP contribution in [0.1, 0.15) is 161 Å².